The van der Waals surface area contributed by atoms with E-state index >= 15 is 0 Å². The van der Waals surface area contributed by atoms with E-state index in [4.69, 9.17) is 21.1 Å². The van der Waals surface area contributed by atoms with Gasteiger partial charge < -0.3 is 9.47 Å². The third-order valence-corrected chi connectivity index (χ3v) is 2.51. The second-order valence-corrected chi connectivity index (χ2v) is 7.09. The fourth-order valence-electron chi connectivity index (χ4n) is 1.39. The Kier molecular flexibility index (Phi) is 5.93. The third kappa shape index (κ3) is 6.40. The molecule has 0 aromatic carbocycles. The number of aromatic nitrogens is 2. The van der Waals surface area contributed by atoms with E-state index in [9.17, 15) is 9.59 Å². The molecule has 8 heteroatoms. The van der Waals surface area contributed by atoms with Gasteiger partial charge in [0, 0.05) is 18.0 Å². The number of imide groups is 1. The van der Waals surface area contributed by atoms with Gasteiger partial charge in [0.15, 0.2) is 0 Å². The second-order valence-electron chi connectivity index (χ2n) is 6.82. The van der Waals surface area contributed by atoms with Crippen molar-refractivity contribution in [1.29, 1.82) is 0 Å². The van der Waals surface area contributed by atoms with Gasteiger partial charge in [0.1, 0.15) is 11.2 Å². The van der Waals surface area contributed by atoms with Crippen molar-refractivity contribution in [3.8, 4) is 0 Å². The summed E-state index contributed by atoms with van der Waals surface area (Å²) in [7, 11) is 0. The van der Waals surface area contributed by atoms with E-state index in [0.29, 0.717) is 10.5 Å². The van der Waals surface area contributed by atoms with Crippen LogP contribution in [0.3, 0.4) is 0 Å². The molecule has 0 N–H and O–H groups in total. The molecule has 0 bridgehead atoms. The smallest absolute Gasteiger partial charge is 0.427 e. The fraction of sp³-hybridized carbons (Fsp3) is 0.600. The number of nitrogens with zero attached hydrogens (tertiary/aromatic N) is 3. The lowest BCUT2D eigenvalue weighted by atomic mass is 10.2. The lowest BCUT2D eigenvalue weighted by Crippen LogP contribution is -2.44. The third-order valence-electron chi connectivity index (χ3n) is 2.20. The number of anilines is 1. The number of ether oxygens (including phenoxy) is 2. The van der Waals surface area contributed by atoms with Gasteiger partial charge in [-0.25, -0.2) is 19.6 Å². The first-order valence-corrected chi connectivity index (χ1v) is 7.59. The molecule has 0 saturated carbocycles. The van der Waals surface area contributed by atoms with Crippen LogP contribution >= 0.6 is 11.6 Å². The summed E-state index contributed by atoms with van der Waals surface area (Å²) < 4.78 is 10.5. The van der Waals surface area contributed by atoms with Gasteiger partial charge in [-0.05, 0) is 41.5 Å². The van der Waals surface area contributed by atoms with E-state index in [1.54, 1.807) is 41.5 Å². The number of carbonyl (C=O) groups excluding carboxylic acids is 2. The number of halogens is 1. The number of rotatable bonds is 2. The molecular formula is C15H22ClN3O4. The minimum Gasteiger partial charge on any atom is -0.443 e. The van der Waals surface area contributed by atoms with Crippen LogP contribution < -0.4 is 4.90 Å². The summed E-state index contributed by atoms with van der Waals surface area (Å²) >= 11 is 5.68. The first-order valence-electron chi connectivity index (χ1n) is 7.06. The fourth-order valence-corrected chi connectivity index (χ4v) is 1.52. The van der Waals surface area contributed by atoms with E-state index in [0.717, 1.165) is 0 Å². The Bertz CT molecular complexity index is 534. The van der Waals surface area contributed by atoms with Gasteiger partial charge in [-0.3, -0.25) is 0 Å². The molecule has 23 heavy (non-hydrogen) atoms. The van der Waals surface area contributed by atoms with E-state index in [1.807, 2.05) is 0 Å². The van der Waals surface area contributed by atoms with Gasteiger partial charge in [-0.1, -0.05) is 0 Å². The summed E-state index contributed by atoms with van der Waals surface area (Å²) in [4.78, 5) is 33.3. The maximum absolute atomic E-state index is 12.3. The van der Waals surface area contributed by atoms with Crippen molar-refractivity contribution in [3.63, 3.8) is 0 Å². The molecule has 1 aromatic rings. The van der Waals surface area contributed by atoms with Crippen LogP contribution in [0.1, 0.15) is 47.1 Å². The average Bonchev–Trinajstić information content (AvgIpc) is 2.35. The molecule has 0 unspecified atom stereocenters. The van der Waals surface area contributed by atoms with Crippen molar-refractivity contribution >= 4 is 29.7 Å². The Labute approximate surface area is 140 Å². The number of carbonyl (C=O) groups is 2. The Balaban J connectivity index is 3.14. The van der Waals surface area contributed by atoms with Crippen molar-refractivity contribution in [2.45, 2.75) is 58.6 Å². The highest BCUT2D eigenvalue weighted by Crippen LogP contribution is 2.18. The molecule has 128 valence electrons. The van der Waals surface area contributed by atoms with Crippen molar-refractivity contribution in [1.82, 2.24) is 9.97 Å². The lowest BCUT2D eigenvalue weighted by Gasteiger charge is -2.27. The van der Waals surface area contributed by atoms with Crippen LogP contribution in [0.5, 0.6) is 0 Å². The highest BCUT2D eigenvalue weighted by atomic mass is 35.5. The normalized spacial score (nSPS) is 11.8. The van der Waals surface area contributed by atoms with Gasteiger partial charge in [-0.2, -0.15) is 0 Å². The minimum atomic E-state index is -0.912. The monoisotopic (exact) mass is 343 g/mol. The van der Waals surface area contributed by atoms with Crippen LogP contribution in [-0.4, -0.2) is 33.4 Å². The Morgan fingerprint density at radius 3 is 1.70 bits per heavy atom. The zero-order valence-corrected chi connectivity index (χ0v) is 15.0. The highest BCUT2D eigenvalue weighted by Gasteiger charge is 2.34. The van der Waals surface area contributed by atoms with Crippen LogP contribution in [0.2, 0.25) is 0 Å². The molecule has 1 rings (SSSR count). The summed E-state index contributed by atoms with van der Waals surface area (Å²) in [6, 6.07) is 0. The van der Waals surface area contributed by atoms with Gasteiger partial charge in [0.2, 0.25) is 5.95 Å². The van der Waals surface area contributed by atoms with Crippen molar-refractivity contribution in [2.75, 3.05) is 4.90 Å². The van der Waals surface area contributed by atoms with Gasteiger partial charge in [-0.15, -0.1) is 16.5 Å². The predicted octanol–water partition coefficient (Wildman–Crippen LogP) is 3.89. The maximum atomic E-state index is 12.3. The topological polar surface area (TPSA) is 81.6 Å². The van der Waals surface area contributed by atoms with E-state index < -0.39 is 23.4 Å². The number of hydrogen-bond acceptors (Lipinski definition) is 6. The summed E-state index contributed by atoms with van der Waals surface area (Å²) in [5.74, 6) is 0.0847. The van der Waals surface area contributed by atoms with Gasteiger partial charge in [0.25, 0.3) is 0 Å². The number of hydrogen-bond donors (Lipinski definition) is 0. The standard InChI is InChI=1S/C15H22ClN3O4/c1-14(2,3)22-12(20)19(13(21)23-15(4,5)6)11-17-8-10(7-16)9-18-11/h8-9H,7H2,1-6H3. The molecule has 0 aliphatic rings. The molecule has 2 amide bonds. The van der Waals surface area contributed by atoms with Crippen LogP contribution in [-0.2, 0) is 15.4 Å². The Morgan fingerprint density at radius 2 is 1.39 bits per heavy atom. The molecule has 0 fully saturated rings. The molecule has 0 aliphatic carbocycles. The molecule has 1 aromatic heterocycles. The largest absolute Gasteiger partial charge is 0.443 e. The molecule has 0 aliphatic heterocycles. The molecular weight excluding hydrogens is 322 g/mol. The lowest BCUT2D eigenvalue weighted by molar-refractivity contribution is 0.0427. The molecule has 7 nitrogen and oxygen atoms in total. The summed E-state index contributed by atoms with van der Waals surface area (Å²) in [5.41, 5.74) is -0.912. The summed E-state index contributed by atoms with van der Waals surface area (Å²) in [6.45, 7) is 10.1. The zero-order valence-electron chi connectivity index (χ0n) is 14.2. The second kappa shape index (κ2) is 7.12. The Hall–Kier alpha value is -1.89. The SMILES string of the molecule is CC(C)(C)OC(=O)N(C(=O)OC(C)(C)C)c1ncc(CCl)cn1. The summed E-state index contributed by atoms with van der Waals surface area (Å²) in [6.07, 6.45) is 1.03. The average molecular weight is 344 g/mol. The van der Waals surface area contributed by atoms with Crippen molar-refractivity contribution in [2.24, 2.45) is 0 Å². The first-order chi connectivity index (χ1) is 10.4. The van der Waals surface area contributed by atoms with Crippen LogP contribution in [0.25, 0.3) is 0 Å². The van der Waals surface area contributed by atoms with Crippen LogP contribution in [0, 0.1) is 0 Å². The van der Waals surface area contributed by atoms with Gasteiger partial charge in [0.05, 0.1) is 5.88 Å². The van der Waals surface area contributed by atoms with Crippen LogP contribution in [0.4, 0.5) is 15.5 Å². The van der Waals surface area contributed by atoms with Crippen molar-refractivity contribution < 1.29 is 19.1 Å². The predicted molar refractivity (Wildman–Crippen MR) is 86.5 cm³/mol. The molecule has 1 heterocycles. The van der Waals surface area contributed by atoms with E-state index in [1.165, 1.54) is 12.4 Å². The number of alkyl halides is 1. The molecule has 0 spiro atoms. The molecule has 0 saturated heterocycles. The van der Waals surface area contributed by atoms with Crippen LogP contribution in [0.15, 0.2) is 12.4 Å². The highest BCUT2D eigenvalue weighted by molar-refractivity contribution is 6.17. The Morgan fingerprint density at radius 1 is 1.00 bits per heavy atom. The van der Waals surface area contributed by atoms with Gasteiger partial charge >= 0.3 is 12.2 Å². The molecule has 0 atom stereocenters. The number of amides is 2. The first kappa shape index (κ1) is 19.2. The zero-order chi connectivity index (χ0) is 17.8. The van der Waals surface area contributed by atoms with Crippen molar-refractivity contribution in [3.05, 3.63) is 18.0 Å². The summed E-state index contributed by atoms with van der Waals surface area (Å²) in [5, 5.41) is 0. The maximum Gasteiger partial charge on any atom is 0.427 e. The molecule has 0 radical (unpaired) electrons. The van der Waals surface area contributed by atoms with E-state index in [-0.39, 0.29) is 11.8 Å². The quantitative estimate of drug-likeness (QED) is 0.757. The van der Waals surface area contributed by atoms with E-state index in [2.05, 4.69) is 9.97 Å². The minimum absolute atomic E-state index is 0.137.